The third-order valence-electron chi connectivity index (χ3n) is 8.43. The number of aliphatic hydroxyl groups is 1. The van der Waals surface area contributed by atoms with Crippen LogP contribution in [0.4, 0.5) is 0 Å². The highest BCUT2D eigenvalue weighted by molar-refractivity contribution is 5.69. The number of aliphatic hydroxyl groups excluding tert-OH is 1. The summed E-state index contributed by atoms with van der Waals surface area (Å²) in [6.07, 6.45) is 38.9. The fourth-order valence-electron chi connectivity index (χ4n) is 5.62. The maximum absolute atomic E-state index is 12.0. The molecule has 4 heteroatoms. The number of carbonyl (C=O) groups excluding carboxylic acids is 1. The van der Waals surface area contributed by atoms with E-state index in [9.17, 15) is 9.90 Å². The van der Waals surface area contributed by atoms with Crippen LogP contribution in [0.1, 0.15) is 206 Å². The predicted octanol–water partition coefficient (Wildman–Crippen LogP) is 11.6. The molecule has 1 N–H and O–H groups in total. The van der Waals surface area contributed by atoms with Crippen molar-refractivity contribution in [2.75, 3.05) is 19.8 Å². The molecule has 0 heterocycles. The molecule has 0 saturated heterocycles. The minimum atomic E-state index is -0.521. The molecule has 0 amide bonds. The van der Waals surface area contributed by atoms with E-state index in [1.54, 1.807) is 0 Å². The van der Waals surface area contributed by atoms with Crippen molar-refractivity contribution < 1.29 is 19.4 Å². The van der Waals surface area contributed by atoms with Crippen LogP contribution in [0.15, 0.2) is 0 Å². The molecule has 0 aliphatic rings. The Morgan fingerprint density at radius 2 is 0.805 bits per heavy atom. The molecule has 1 unspecified atom stereocenters. The second-order valence-electron chi connectivity index (χ2n) is 12.7. The van der Waals surface area contributed by atoms with Gasteiger partial charge in [-0.25, -0.2) is 0 Å². The molecular formula is C37H74O4. The summed E-state index contributed by atoms with van der Waals surface area (Å²) in [5, 5.41) is 9.47. The number of unbranched alkanes of at least 4 members (excludes halogenated alkanes) is 27. The summed E-state index contributed by atoms with van der Waals surface area (Å²) >= 11 is 0. The third kappa shape index (κ3) is 33.8. The first kappa shape index (κ1) is 40.4. The van der Waals surface area contributed by atoms with E-state index in [0.717, 1.165) is 19.3 Å². The zero-order valence-corrected chi connectivity index (χ0v) is 28.1. The third-order valence-corrected chi connectivity index (χ3v) is 8.43. The Hall–Kier alpha value is -0.610. The molecule has 0 fully saturated rings. The van der Waals surface area contributed by atoms with E-state index in [-0.39, 0.29) is 12.6 Å². The lowest BCUT2D eigenvalue weighted by molar-refractivity contribution is -0.154. The molecule has 4 nitrogen and oxygen atoms in total. The van der Waals surface area contributed by atoms with Gasteiger partial charge in [-0.3, -0.25) is 4.79 Å². The van der Waals surface area contributed by atoms with Gasteiger partial charge in [0.05, 0.1) is 13.2 Å². The lowest BCUT2D eigenvalue weighted by atomic mass is 10.0. The van der Waals surface area contributed by atoms with Gasteiger partial charge in [-0.05, 0) is 12.8 Å². The summed E-state index contributed by atoms with van der Waals surface area (Å²) in [4.78, 5) is 12.0. The van der Waals surface area contributed by atoms with E-state index in [1.165, 1.54) is 167 Å². The van der Waals surface area contributed by atoms with Gasteiger partial charge in [-0.1, -0.05) is 187 Å². The first-order chi connectivity index (χ1) is 20.2. The Labute approximate surface area is 257 Å². The summed E-state index contributed by atoms with van der Waals surface area (Å²) in [6.45, 7) is 5.32. The molecule has 0 aromatic heterocycles. The number of ether oxygens (including phenoxy) is 2. The molecule has 0 aliphatic heterocycles. The zero-order valence-electron chi connectivity index (χ0n) is 28.1. The van der Waals surface area contributed by atoms with Crippen LogP contribution >= 0.6 is 0 Å². The van der Waals surface area contributed by atoms with Crippen molar-refractivity contribution in [1.29, 1.82) is 0 Å². The minimum Gasteiger partial charge on any atom is -0.457 e. The van der Waals surface area contributed by atoms with Crippen LogP contribution in [0.2, 0.25) is 0 Å². The van der Waals surface area contributed by atoms with Gasteiger partial charge >= 0.3 is 5.97 Å². The van der Waals surface area contributed by atoms with E-state index in [4.69, 9.17) is 9.47 Å². The maximum atomic E-state index is 12.0. The van der Waals surface area contributed by atoms with Gasteiger partial charge in [-0.15, -0.1) is 0 Å². The van der Waals surface area contributed by atoms with Crippen LogP contribution in [0.25, 0.3) is 0 Å². The van der Waals surface area contributed by atoms with Crippen molar-refractivity contribution in [2.24, 2.45) is 0 Å². The average molecular weight is 583 g/mol. The number of esters is 1. The molecule has 41 heavy (non-hydrogen) atoms. The summed E-state index contributed by atoms with van der Waals surface area (Å²) < 4.78 is 11.0. The van der Waals surface area contributed by atoms with Gasteiger partial charge < -0.3 is 14.6 Å². The Kier molecular flexibility index (Phi) is 35.1. The van der Waals surface area contributed by atoms with Crippen molar-refractivity contribution in [1.82, 2.24) is 0 Å². The molecule has 0 aromatic rings. The summed E-state index contributed by atoms with van der Waals surface area (Å²) in [5.41, 5.74) is 0. The normalized spacial score (nSPS) is 12.2. The highest BCUT2D eigenvalue weighted by atomic mass is 16.6. The Bertz CT molecular complexity index is 495. The lowest BCUT2D eigenvalue weighted by Crippen LogP contribution is -2.27. The summed E-state index contributed by atoms with van der Waals surface area (Å²) in [7, 11) is 0. The van der Waals surface area contributed by atoms with E-state index in [1.807, 2.05) is 0 Å². The van der Waals surface area contributed by atoms with E-state index in [2.05, 4.69) is 13.8 Å². The molecule has 0 radical (unpaired) electrons. The fourth-order valence-corrected chi connectivity index (χ4v) is 5.62. The zero-order chi connectivity index (χ0) is 29.9. The van der Waals surface area contributed by atoms with Crippen LogP contribution in [0.3, 0.4) is 0 Å². The molecule has 0 aromatic carbocycles. The van der Waals surface area contributed by atoms with Crippen molar-refractivity contribution in [2.45, 2.75) is 213 Å². The minimum absolute atomic E-state index is 0.165. The van der Waals surface area contributed by atoms with Gasteiger partial charge in [0.2, 0.25) is 0 Å². The van der Waals surface area contributed by atoms with Crippen LogP contribution in [-0.2, 0) is 14.3 Å². The second-order valence-corrected chi connectivity index (χ2v) is 12.7. The number of carbonyl (C=O) groups is 1. The quantitative estimate of drug-likeness (QED) is 0.0596. The van der Waals surface area contributed by atoms with Crippen molar-refractivity contribution >= 4 is 5.97 Å². The maximum Gasteiger partial charge on any atom is 0.306 e. The number of hydrogen-bond donors (Lipinski definition) is 1. The monoisotopic (exact) mass is 583 g/mol. The molecule has 0 aliphatic carbocycles. The Morgan fingerprint density at radius 3 is 1.15 bits per heavy atom. The van der Waals surface area contributed by atoms with Gasteiger partial charge in [-0.2, -0.15) is 0 Å². The molecule has 0 saturated carbocycles. The number of rotatable bonds is 35. The molecule has 0 rings (SSSR count). The molecule has 246 valence electrons. The molecular weight excluding hydrogens is 508 g/mol. The van der Waals surface area contributed by atoms with Gasteiger partial charge in [0.15, 0.2) is 0 Å². The van der Waals surface area contributed by atoms with Gasteiger partial charge in [0, 0.05) is 13.0 Å². The highest BCUT2D eigenvalue weighted by Crippen LogP contribution is 2.15. The smallest absolute Gasteiger partial charge is 0.306 e. The SMILES string of the molecule is CCCCCCCCCCCCCCCCCCCCCCCCCOCC(CO)OC(=O)CCCCCCCC. The molecule has 0 bridgehead atoms. The second kappa shape index (κ2) is 35.6. The Balaban J connectivity index is 3.27. The summed E-state index contributed by atoms with van der Waals surface area (Å²) in [6, 6.07) is 0. The largest absolute Gasteiger partial charge is 0.457 e. The highest BCUT2D eigenvalue weighted by Gasteiger charge is 2.13. The first-order valence-corrected chi connectivity index (χ1v) is 18.6. The lowest BCUT2D eigenvalue weighted by Gasteiger charge is -2.15. The predicted molar refractivity (Wildman–Crippen MR) is 178 cm³/mol. The van der Waals surface area contributed by atoms with Crippen molar-refractivity contribution in [3.05, 3.63) is 0 Å². The standard InChI is InChI=1S/C37H74O4/c1-3-5-7-9-11-12-13-14-15-16-17-18-19-20-21-22-23-24-25-26-27-29-31-33-40-35-36(34-38)41-37(39)32-30-28-10-8-6-4-2/h36,38H,3-35H2,1-2H3. The van der Waals surface area contributed by atoms with E-state index < -0.39 is 6.10 Å². The summed E-state index contributed by atoms with van der Waals surface area (Å²) in [5.74, 6) is -0.206. The van der Waals surface area contributed by atoms with E-state index >= 15 is 0 Å². The molecule has 0 spiro atoms. The average Bonchev–Trinajstić information content (AvgIpc) is 2.98. The van der Waals surface area contributed by atoms with Crippen molar-refractivity contribution in [3.8, 4) is 0 Å². The topological polar surface area (TPSA) is 55.8 Å². The number of hydrogen-bond acceptors (Lipinski definition) is 4. The van der Waals surface area contributed by atoms with Crippen LogP contribution in [0, 0.1) is 0 Å². The van der Waals surface area contributed by atoms with Crippen molar-refractivity contribution in [3.63, 3.8) is 0 Å². The molecule has 1 atom stereocenters. The van der Waals surface area contributed by atoms with Gasteiger partial charge in [0.25, 0.3) is 0 Å². The van der Waals surface area contributed by atoms with Crippen LogP contribution < -0.4 is 0 Å². The Morgan fingerprint density at radius 1 is 0.488 bits per heavy atom. The fraction of sp³-hybridized carbons (Fsp3) is 0.973. The van der Waals surface area contributed by atoms with Crippen LogP contribution in [-0.4, -0.2) is 37.0 Å². The first-order valence-electron chi connectivity index (χ1n) is 18.6. The van der Waals surface area contributed by atoms with Gasteiger partial charge in [0.1, 0.15) is 6.10 Å². The van der Waals surface area contributed by atoms with Crippen LogP contribution in [0.5, 0.6) is 0 Å². The van der Waals surface area contributed by atoms with E-state index in [0.29, 0.717) is 19.6 Å².